The van der Waals surface area contributed by atoms with Crippen LogP contribution in [0.4, 0.5) is 5.69 Å². The molecule has 0 unspecified atom stereocenters. The van der Waals surface area contributed by atoms with Gasteiger partial charge in [0.15, 0.2) is 0 Å². The van der Waals surface area contributed by atoms with Crippen molar-refractivity contribution in [2.45, 2.75) is 13.1 Å². The van der Waals surface area contributed by atoms with Crippen LogP contribution in [0.25, 0.3) is 0 Å². The summed E-state index contributed by atoms with van der Waals surface area (Å²) >= 11 is 0. The molecular weight excluding hydrogens is 292 g/mol. The molecule has 0 spiro atoms. The average molecular weight is 312 g/mol. The lowest BCUT2D eigenvalue weighted by molar-refractivity contribution is -0.384. The number of nitrogens with zero attached hydrogens (tertiary/aromatic N) is 4. The summed E-state index contributed by atoms with van der Waals surface area (Å²) in [7, 11) is 0. The molecule has 3 rings (SSSR count). The third-order valence-electron chi connectivity index (χ3n) is 4.13. The zero-order valence-corrected chi connectivity index (χ0v) is 13.0. The van der Waals surface area contributed by atoms with Gasteiger partial charge >= 0.3 is 0 Å². The van der Waals surface area contributed by atoms with Crippen molar-refractivity contribution in [1.82, 2.24) is 14.8 Å². The molecular formula is C17H20N4O2. The Morgan fingerprint density at radius 2 is 1.61 bits per heavy atom. The predicted octanol–water partition coefficient (Wildman–Crippen LogP) is 2.31. The topological polar surface area (TPSA) is 62.5 Å². The summed E-state index contributed by atoms with van der Waals surface area (Å²) in [4.78, 5) is 19.5. The zero-order chi connectivity index (χ0) is 16.1. The fourth-order valence-electron chi connectivity index (χ4n) is 2.81. The van der Waals surface area contributed by atoms with Gasteiger partial charge in [0.2, 0.25) is 0 Å². The first-order valence-electron chi connectivity index (χ1n) is 7.79. The predicted molar refractivity (Wildman–Crippen MR) is 87.9 cm³/mol. The molecule has 6 nitrogen and oxygen atoms in total. The van der Waals surface area contributed by atoms with Gasteiger partial charge in [0, 0.05) is 57.6 Å². The Morgan fingerprint density at radius 1 is 0.957 bits per heavy atom. The second kappa shape index (κ2) is 7.30. The highest BCUT2D eigenvalue weighted by molar-refractivity contribution is 5.32. The lowest BCUT2D eigenvalue weighted by Gasteiger charge is -2.34. The molecule has 0 saturated carbocycles. The quantitative estimate of drug-likeness (QED) is 0.626. The van der Waals surface area contributed by atoms with E-state index in [1.54, 1.807) is 12.1 Å². The third-order valence-corrected chi connectivity index (χ3v) is 4.13. The van der Waals surface area contributed by atoms with Crippen LogP contribution in [0.15, 0.2) is 48.7 Å². The summed E-state index contributed by atoms with van der Waals surface area (Å²) in [5.74, 6) is 0. The molecule has 0 N–H and O–H groups in total. The Balaban J connectivity index is 1.48. The van der Waals surface area contributed by atoms with Gasteiger partial charge in [-0.15, -0.1) is 0 Å². The molecule has 0 aliphatic carbocycles. The Kier molecular flexibility index (Phi) is 4.95. The van der Waals surface area contributed by atoms with Gasteiger partial charge in [-0.3, -0.25) is 24.9 Å². The maximum atomic E-state index is 10.7. The Labute approximate surface area is 135 Å². The minimum absolute atomic E-state index is 0.147. The maximum Gasteiger partial charge on any atom is 0.269 e. The number of nitro groups is 1. The normalized spacial score (nSPS) is 16.3. The fraction of sp³-hybridized carbons (Fsp3) is 0.353. The summed E-state index contributed by atoms with van der Waals surface area (Å²) in [6.07, 6.45) is 1.83. The summed E-state index contributed by atoms with van der Waals surface area (Å²) in [6, 6.07) is 12.9. The highest BCUT2D eigenvalue weighted by Gasteiger charge is 2.17. The van der Waals surface area contributed by atoms with Crippen molar-refractivity contribution in [3.8, 4) is 0 Å². The zero-order valence-electron chi connectivity index (χ0n) is 13.0. The van der Waals surface area contributed by atoms with Crippen LogP contribution in [-0.4, -0.2) is 45.9 Å². The molecule has 0 radical (unpaired) electrons. The smallest absolute Gasteiger partial charge is 0.269 e. The first kappa shape index (κ1) is 15.6. The van der Waals surface area contributed by atoms with Gasteiger partial charge in [-0.05, 0) is 17.7 Å². The van der Waals surface area contributed by atoms with E-state index in [9.17, 15) is 10.1 Å². The van der Waals surface area contributed by atoms with E-state index in [0.29, 0.717) is 0 Å². The molecule has 1 aliphatic heterocycles. The van der Waals surface area contributed by atoms with Crippen molar-refractivity contribution in [2.75, 3.05) is 26.2 Å². The molecule has 6 heteroatoms. The minimum Gasteiger partial charge on any atom is -0.297 e. The standard InChI is InChI=1S/C17H20N4O2/c22-21(23)17-6-4-15(5-7-17)13-19-9-11-20(12-10-19)14-16-3-1-2-8-18-16/h1-8H,9-14H2. The summed E-state index contributed by atoms with van der Waals surface area (Å²) in [5.41, 5.74) is 2.37. The number of non-ortho nitro benzene ring substituents is 1. The molecule has 0 bridgehead atoms. The third kappa shape index (κ3) is 4.34. The number of piperazine rings is 1. The van der Waals surface area contributed by atoms with Gasteiger partial charge in [-0.1, -0.05) is 18.2 Å². The van der Waals surface area contributed by atoms with Crippen LogP contribution < -0.4 is 0 Å². The van der Waals surface area contributed by atoms with Crippen LogP contribution in [0.5, 0.6) is 0 Å². The Hall–Kier alpha value is -2.31. The van der Waals surface area contributed by atoms with Gasteiger partial charge < -0.3 is 0 Å². The van der Waals surface area contributed by atoms with E-state index in [2.05, 4.69) is 20.9 Å². The lowest BCUT2D eigenvalue weighted by atomic mass is 10.2. The largest absolute Gasteiger partial charge is 0.297 e. The van der Waals surface area contributed by atoms with Crippen LogP contribution in [0.2, 0.25) is 0 Å². The second-order valence-corrected chi connectivity index (χ2v) is 5.80. The van der Waals surface area contributed by atoms with Crippen molar-refractivity contribution >= 4 is 5.69 Å². The van der Waals surface area contributed by atoms with Gasteiger partial charge in [0.05, 0.1) is 10.6 Å². The molecule has 23 heavy (non-hydrogen) atoms. The maximum absolute atomic E-state index is 10.7. The van der Waals surface area contributed by atoms with E-state index in [-0.39, 0.29) is 10.6 Å². The van der Waals surface area contributed by atoms with E-state index in [1.165, 1.54) is 0 Å². The van der Waals surface area contributed by atoms with Crippen LogP contribution >= 0.6 is 0 Å². The SMILES string of the molecule is O=[N+]([O-])c1ccc(CN2CCN(Cc3ccccn3)CC2)cc1. The van der Waals surface area contributed by atoms with Crippen molar-refractivity contribution in [3.05, 3.63) is 70.0 Å². The summed E-state index contributed by atoms with van der Waals surface area (Å²) in [6.45, 7) is 5.78. The fourth-order valence-corrected chi connectivity index (χ4v) is 2.81. The molecule has 2 aromatic rings. The number of nitro benzene ring substituents is 1. The molecule has 1 aliphatic rings. The van der Waals surface area contributed by atoms with Crippen molar-refractivity contribution in [1.29, 1.82) is 0 Å². The van der Waals surface area contributed by atoms with E-state index in [0.717, 1.165) is 50.5 Å². The first-order valence-corrected chi connectivity index (χ1v) is 7.79. The number of pyridine rings is 1. The molecule has 1 aromatic heterocycles. The second-order valence-electron chi connectivity index (χ2n) is 5.80. The highest BCUT2D eigenvalue weighted by atomic mass is 16.6. The molecule has 0 atom stereocenters. The molecule has 120 valence electrons. The molecule has 2 heterocycles. The molecule has 1 aromatic carbocycles. The van der Waals surface area contributed by atoms with Gasteiger partial charge in [0.25, 0.3) is 5.69 Å². The minimum atomic E-state index is -0.361. The number of rotatable bonds is 5. The van der Waals surface area contributed by atoms with Gasteiger partial charge in [-0.2, -0.15) is 0 Å². The van der Waals surface area contributed by atoms with Gasteiger partial charge in [-0.25, -0.2) is 0 Å². The van der Waals surface area contributed by atoms with Crippen LogP contribution in [0, 0.1) is 10.1 Å². The number of hydrogen-bond donors (Lipinski definition) is 0. The van der Waals surface area contributed by atoms with E-state index in [1.807, 2.05) is 30.5 Å². The van der Waals surface area contributed by atoms with Crippen molar-refractivity contribution < 1.29 is 4.92 Å². The van der Waals surface area contributed by atoms with E-state index >= 15 is 0 Å². The Bertz CT molecular complexity index is 637. The number of hydrogen-bond acceptors (Lipinski definition) is 5. The number of aromatic nitrogens is 1. The van der Waals surface area contributed by atoms with Crippen molar-refractivity contribution in [2.24, 2.45) is 0 Å². The van der Waals surface area contributed by atoms with Crippen LogP contribution in [-0.2, 0) is 13.1 Å². The monoisotopic (exact) mass is 312 g/mol. The van der Waals surface area contributed by atoms with E-state index in [4.69, 9.17) is 0 Å². The van der Waals surface area contributed by atoms with E-state index < -0.39 is 0 Å². The summed E-state index contributed by atoms with van der Waals surface area (Å²) in [5, 5.41) is 10.7. The summed E-state index contributed by atoms with van der Waals surface area (Å²) < 4.78 is 0. The molecule has 0 amide bonds. The highest BCUT2D eigenvalue weighted by Crippen LogP contribution is 2.15. The van der Waals surface area contributed by atoms with Crippen molar-refractivity contribution in [3.63, 3.8) is 0 Å². The van der Waals surface area contributed by atoms with Gasteiger partial charge in [0.1, 0.15) is 0 Å². The Morgan fingerprint density at radius 3 is 2.17 bits per heavy atom. The van der Waals surface area contributed by atoms with Crippen LogP contribution in [0.1, 0.15) is 11.3 Å². The first-order chi connectivity index (χ1) is 11.2. The molecule has 1 saturated heterocycles. The average Bonchev–Trinajstić information content (AvgIpc) is 2.58. The lowest BCUT2D eigenvalue weighted by Crippen LogP contribution is -2.45. The van der Waals surface area contributed by atoms with Crippen LogP contribution in [0.3, 0.4) is 0 Å². The number of benzene rings is 1. The molecule has 1 fully saturated rings.